The molecule has 0 fully saturated rings. The molecule has 0 heterocycles. The van der Waals surface area contributed by atoms with Gasteiger partial charge in [0.1, 0.15) is 0 Å². The Bertz CT molecular complexity index is 818. The number of nitrogens with two attached hydrogens (primary N) is 1. The minimum atomic E-state index is -3.84. The molecule has 2 aromatic rings. The topological polar surface area (TPSA) is 89.3 Å². The van der Waals surface area contributed by atoms with E-state index < -0.39 is 10.0 Å². The van der Waals surface area contributed by atoms with Crippen LogP contribution in [-0.2, 0) is 16.4 Å². The highest BCUT2D eigenvalue weighted by Gasteiger charge is 2.13. The van der Waals surface area contributed by atoms with Gasteiger partial charge in [-0.05, 0) is 54.8 Å². The lowest BCUT2D eigenvalue weighted by Crippen LogP contribution is -2.26. The van der Waals surface area contributed by atoms with Crippen LogP contribution < -0.4 is 10.5 Å². The van der Waals surface area contributed by atoms with Crippen LogP contribution in [0.4, 0.5) is 0 Å². The van der Waals surface area contributed by atoms with Crippen LogP contribution in [0.1, 0.15) is 21.5 Å². The number of nitrogens with one attached hydrogen (secondary N) is 1. The van der Waals surface area contributed by atoms with Gasteiger partial charge in [-0.1, -0.05) is 23.7 Å². The summed E-state index contributed by atoms with van der Waals surface area (Å²) in [5.41, 5.74) is 1.97. The van der Waals surface area contributed by atoms with Crippen molar-refractivity contribution in [1.29, 1.82) is 0 Å². The van der Waals surface area contributed by atoms with Crippen LogP contribution in [0.25, 0.3) is 0 Å². The van der Waals surface area contributed by atoms with E-state index in [1.807, 2.05) is 12.1 Å². The minimum Gasteiger partial charge on any atom is -0.352 e. The fourth-order valence-corrected chi connectivity index (χ4v) is 2.88. The monoisotopic (exact) mass is 352 g/mol. The Labute approximate surface area is 140 Å². The standard InChI is InChI=1S/C16H17ClN2O3S/c1-11-8-13(10-15(9-11)23(18,21)22)16(20)19-7-6-12-2-4-14(17)5-3-12/h2-5,8-10H,6-7H2,1H3,(H,19,20)(H2,18,21,22). The zero-order valence-corrected chi connectivity index (χ0v) is 14.1. The van der Waals surface area contributed by atoms with Gasteiger partial charge in [0.25, 0.3) is 5.91 Å². The molecule has 0 radical (unpaired) electrons. The number of carbonyl (C=O) groups is 1. The van der Waals surface area contributed by atoms with Crippen LogP contribution in [0.15, 0.2) is 47.4 Å². The summed E-state index contributed by atoms with van der Waals surface area (Å²) in [4.78, 5) is 12.1. The van der Waals surface area contributed by atoms with E-state index >= 15 is 0 Å². The Balaban J connectivity index is 2.03. The van der Waals surface area contributed by atoms with E-state index in [4.69, 9.17) is 16.7 Å². The number of carbonyl (C=O) groups excluding carboxylic acids is 1. The molecule has 2 aromatic carbocycles. The van der Waals surface area contributed by atoms with Crippen LogP contribution in [0.3, 0.4) is 0 Å². The molecule has 0 saturated heterocycles. The summed E-state index contributed by atoms with van der Waals surface area (Å²) in [5.74, 6) is -0.340. The van der Waals surface area contributed by atoms with E-state index in [0.717, 1.165) is 5.56 Å². The molecule has 23 heavy (non-hydrogen) atoms. The summed E-state index contributed by atoms with van der Waals surface area (Å²) in [6.07, 6.45) is 0.650. The summed E-state index contributed by atoms with van der Waals surface area (Å²) in [5, 5.41) is 8.53. The van der Waals surface area contributed by atoms with Gasteiger partial charge in [0, 0.05) is 17.1 Å². The number of aryl methyl sites for hydroxylation is 1. The van der Waals surface area contributed by atoms with Crippen LogP contribution in [0.5, 0.6) is 0 Å². The van der Waals surface area contributed by atoms with Crippen molar-refractivity contribution in [2.24, 2.45) is 5.14 Å². The fourth-order valence-electron chi connectivity index (χ4n) is 2.12. The highest BCUT2D eigenvalue weighted by Crippen LogP contribution is 2.14. The van der Waals surface area contributed by atoms with Crippen molar-refractivity contribution in [3.8, 4) is 0 Å². The minimum absolute atomic E-state index is 0.0691. The van der Waals surface area contributed by atoms with Gasteiger partial charge in [-0.15, -0.1) is 0 Å². The summed E-state index contributed by atoms with van der Waals surface area (Å²) in [6.45, 7) is 2.14. The Morgan fingerprint density at radius 2 is 1.83 bits per heavy atom. The van der Waals surface area contributed by atoms with E-state index in [2.05, 4.69) is 5.32 Å². The maximum atomic E-state index is 12.2. The quantitative estimate of drug-likeness (QED) is 0.865. The molecule has 0 aliphatic heterocycles. The first-order valence-corrected chi connectivity index (χ1v) is 8.85. The number of sulfonamides is 1. The predicted molar refractivity (Wildman–Crippen MR) is 90.0 cm³/mol. The van der Waals surface area contributed by atoms with E-state index in [9.17, 15) is 13.2 Å². The highest BCUT2D eigenvalue weighted by molar-refractivity contribution is 7.89. The first-order chi connectivity index (χ1) is 10.8. The second-order valence-corrected chi connectivity index (χ2v) is 7.21. The molecular formula is C16H17ClN2O3S. The maximum absolute atomic E-state index is 12.2. The highest BCUT2D eigenvalue weighted by atomic mass is 35.5. The number of halogens is 1. The first-order valence-electron chi connectivity index (χ1n) is 6.93. The molecule has 122 valence electrons. The lowest BCUT2D eigenvalue weighted by Gasteiger charge is -2.08. The van der Waals surface area contributed by atoms with Crippen molar-refractivity contribution >= 4 is 27.5 Å². The summed E-state index contributed by atoms with van der Waals surface area (Å²) in [6, 6.07) is 11.7. The Hall–Kier alpha value is -1.89. The SMILES string of the molecule is Cc1cc(C(=O)NCCc2ccc(Cl)cc2)cc(S(N)(=O)=O)c1. The van der Waals surface area contributed by atoms with Crippen LogP contribution >= 0.6 is 11.6 Å². The van der Waals surface area contributed by atoms with E-state index in [1.165, 1.54) is 12.1 Å². The third-order valence-electron chi connectivity index (χ3n) is 3.25. The molecule has 0 aromatic heterocycles. The van der Waals surface area contributed by atoms with Crippen LogP contribution in [-0.4, -0.2) is 20.9 Å². The normalized spacial score (nSPS) is 11.3. The molecule has 7 heteroatoms. The smallest absolute Gasteiger partial charge is 0.251 e. The summed E-state index contributed by atoms with van der Waals surface area (Å²) in [7, 11) is -3.84. The molecule has 5 nitrogen and oxygen atoms in total. The Kier molecular flexibility index (Phi) is 5.41. The number of rotatable bonds is 5. The molecule has 0 unspecified atom stereocenters. The summed E-state index contributed by atoms with van der Waals surface area (Å²) >= 11 is 5.81. The molecule has 1 amide bonds. The van der Waals surface area contributed by atoms with Crippen molar-refractivity contribution in [2.45, 2.75) is 18.2 Å². The van der Waals surface area contributed by atoms with Gasteiger partial charge in [-0.3, -0.25) is 4.79 Å². The zero-order chi connectivity index (χ0) is 17.0. The number of hydrogen-bond donors (Lipinski definition) is 2. The average Bonchev–Trinajstić information content (AvgIpc) is 2.47. The first kappa shape index (κ1) is 17.5. The lowest BCUT2D eigenvalue weighted by atomic mass is 10.1. The molecular weight excluding hydrogens is 336 g/mol. The number of hydrogen-bond acceptors (Lipinski definition) is 3. The second kappa shape index (κ2) is 7.12. The molecule has 0 bridgehead atoms. The molecule has 0 spiro atoms. The molecule has 3 N–H and O–H groups in total. The zero-order valence-electron chi connectivity index (χ0n) is 12.5. The average molecular weight is 353 g/mol. The van der Waals surface area contributed by atoms with Crippen molar-refractivity contribution < 1.29 is 13.2 Å². The Morgan fingerprint density at radius 3 is 2.43 bits per heavy atom. The van der Waals surface area contributed by atoms with Crippen molar-refractivity contribution in [2.75, 3.05) is 6.54 Å². The lowest BCUT2D eigenvalue weighted by molar-refractivity contribution is 0.0954. The van der Waals surface area contributed by atoms with Gasteiger partial charge >= 0.3 is 0 Å². The predicted octanol–water partition coefficient (Wildman–Crippen LogP) is 2.27. The maximum Gasteiger partial charge on any atom is 0.251 e. The van der Waals surface area contributed by atoms with Crippen molar-refractivity contribution in [3.63, 3.8) is 0 Å². The number of primary sulfonamides is 1. The van der Waals surface area contributed by atoms with Gasteiger partial charge in [-0.2, -0.15) is 0 Å². The van der Waals surface area contributed by atoms with Crippen LogP contribution in [0.2, 0.25) is 5.02 Å². The van der Waals surface area contributed by atoms with Gasteiger partial charge < -0.3 is 5.32 Å². The van der Waals surface area contributed by atoms with E-state index in [1.54, 1.807) is 25.1 Å². The van der Waals surface area contributed by atoms with Crippen molar-refractivity contribution in [1.82, 2.24) is 5.32 Å². The molecule has 0 saturated carbocycles. The Morgan fingerprint density at radius 1 is 1.17 bits per heavy atom. The van der Waals surface area contributed by atoms with Gasteiger partial charge in [0.15, 0.2) is 0 Å². The third kappa shape index (κ3) is 5.06. The fraction of sp³-hybridized carbons (Fsp3) is 0.188. The van der Waals surface area contributed by atoms with Gasteiger partial charge in [-0.25, -0.2) is 13.6 Å². The van der Waals surface area contributed by atoms with Gasteiger partial charge in [0.05, 0.1) is 4.90 Å². The summed E-state index contributed by atoms with van der Waals surface area (Å²) < 4.78 is 22.8. The molecule has 0 atom stereocenters. The largest absolute Gasteiger partial charge is 0.352 e. The number of benzene rings is 2. The van der Waals surface area contributed by atoms with Crippen LogP contribution in [0, 0.1) is 6.92 Å². The molecule has 2 rings (SSSR count). The third-order valence-corrected chi connectivity index (χ3v) is 4.40. The van der Waals surface area contributed by atoms with Gasteiger partial charge in [0.2, 0.25) is 10.0 Å². The molecule has 0 aliphatic rings. The second-order valence-electron chi connectivity index (χ2n) is 5.21. The number of amides is 1. The molecule has 0 aliphatic carbocycles. The van der Waals surface area contributed by atoms with E-state index in [-0.39, 0.29) is 16.4 Å². The van der Waals surface area contributed by atoms with Crippen molar-refractivity contribution in [3.05, 3.63) is 64.2 Å². The van der Waals surface area contributed by atoms with E-state index in [0.29, 0.717) is 23.6 Å².